The molecule has 0 bridgehead atoms. The quantitative estimate of drug-likeness (QED) is 0.601. The first-order valence-corrected chi connectivity index (χ1v) is 11.6. The molecule has 3 rings (SSSR count). The van der Waals surface area contributed by atoms with E-state index < -0.39 is 47.6 Å². The maximum atomic E-state index is 14.0. The van der Waals surface area contributed by atoms with Crippen LogP contribution in [0.5, 0.6) is 0 Å². The minimum absolute atomic E-state index is 0.0198. The summed E-state index contributed by atoms with van der Waals surface area (Å²) in [6.07, 6.45) is 2.03. The molecule has 0 radical (unpaired) electrons. The molecule has 1 N–H and O–H groups in total. The molecule has 11 heteroatoms. The molecule has 1 aromatic heterocycles. The van der Waals surface area contributed by atoms with Crippen molar-refractivity contribution in [2.45, 2.75) is 15.5 Å². The molecule has 0 spiro atoms. The Balaban J connectivity index is 2.17. The van der Waals surface area contributed by atoms with Crippen LogP contribution in [0.4, 0.5) is 8.78 Å². The molecule has 0 fully saturated rings. The predicted octanol–water partition coefficient (Wildman–Crippen LogP) is 4.13. The van der Waals surface area contributed by atoms with Gasteiger partial charge in [0.15, 0.2) is 19.7 Å². The topological polar surface area (TPSA) is 84.1 Å². The zero-order chi connectivity index (χ0) is 20.1. The third-order valence-electron chi connectivity index (χ3n) is 3.86. The van der Waals surface area contributed by atoms with E-state index in [-0.39, 0.29) is 25.7 Å². The van der Waals surface area contributed by atoms with Gasteiger partial charge in [0.05, 0.1) is 26.2 Å². The lowest BCUT2D eigenvalue weighted by molar-refractivity contribution is 0.579. The molecule has 0 aliphatic rings. The molecule has 144 valence electrons. The van der Waals surface area contributed by atoms with Gasteiger partial charge in [-0.05, 0) is 24.3 Å². The third-order valence-corrected chi connectivity index (χ3v) is 7.44. The fourth-order valence-corrected chi connectivity index (χ4v) is 5.92. The molecule has 0 aliphatic heterocycles. The minimum atomic E-state index is -4.14. The van der Waals surface area contributed by atoms with E-state index >= 15 is 0 Å². The van der Waals surface area contributed by atoms with E-state index in [1.165, 1.54) is 12.1 Å². The summed E-state index contributed by atoms with van der Waals surface area (Å²) in [5.41, 5.74) is -0.380. The number of sulfone groups is 2. The number of benzene rings is 2. The second-order valence-corrected chi connectivity index (χ2v) is 10.6. The number of aromatic amines is 1. The summed E-state index contributed by atoms with van der Waals surface area (Å²) in [6, 6.07) is 4.01. The van der Waals surface area contributed by atoms with Crippen molar-refractivity contribution in [3.05, 3.63) is 57.7 Å². The maximum absolute atomic E-state index is 14.0. The number of nitrogens with one attached hydrogen (secondary N) is 1. The van der Waals surface area contributed by atoms with Crippen LogP contribution < -0.4 is 0 Å². The van der Waals surface area contributed by atoms with Gasteiger partial charge in [-0.3, -0.25) is 0 Å². The first-order valence-electron chi connectivity index (χ1n) is 7.27. The molecule has 0 aliphatic carbocycles. The zero-order valence-corrected chi connectivity index (χ0v) is 16.7. The standard InChI is InChI=1S/C16H11Cl2F2NO4S2/c1-26(22,23)16-10(17)3-2-9-14(6-21-15(9)16)27(24,25)7-8-4-13(20)11(18)5-12(8)19/h2-6,21H,7H2,1H3. The number of fused-ring (bicyclic) bond motifs is 1. The summed E-state index contributed by atoms with van der Waals surface area (Å²) in [4.78, 5) is 2.10. The van der Waals surface area contributed by atoms with Crippen molar-refractivity contribution in [3.63, 3.8) is 0 Å². The highest BCUT2D eigenvalue weighted by Gasteiger charge is 2.26. The van der Waals surface area contributed by atoms with Crippen LogP contribution in [0.2, 0.25) is 10.0 Å². The Morgan fingerprint density at radius 2 is 1.67 bits per heavy atom. The number of rotatable bonds is 4. The number of hydrogen-bond acceptors (Lipinski definition) is 4. The molecule has 1 heterocycles. The fourth-order valence-electron chi connectivity index (χ4n) is 2.70. The normalized spacial score (nSPS) is 12.6. The largest absolute Gasteiger partial charge is 0.359 e. The molecular weight excluding hydrogens is 443 g/mol. The molecule has 5 nitrogen and oxygen atoms in total. The maximum Gasteiger partial charge on any atom is 0.184 e. The van der Waals surface area contributed by atoms with Gasteiger partial charge in [0.2, 0.25) is 0 Å². The summed E-state index contributed by atoms with van der Waals surface area (Å²) < 4.78 is 77.0. The first-order chi connectivity index (χ1) is 12.4. The van der Waals surface area contributed by atoms with E-state index in [0.29, 0.717) is 12.1 Å². The van der Waals surface area contributed by atoms with E-state index in [1.54, 1.807) is 0 Å². The third kappa shape index (κ3) is 3.69. The van der Waals surface area contributed by atoms with Crippen molar-refractivity contribution in [3.8, 4) is 0 Å². The van der Waals surface area contributed by atoms with Crippen molar-refractivity contribution in [1.29, 1.82) is 0 Å². The Kier molecular flexibility index (Phi) is 5.00. The van der Waals surface area contributed by atoms with Gasteiger partial charge in [-0.25, -0.2) is 25.6 Å². The van der Waals surface area contributed by atoms with Crippen LogP contribution in [0.25, 0.3) is 10.9 Å². The zero-order valence-electron chi connectivity index (χ0n) is 13.6. The highest BCUT2D eigenvalue weighted by Crippen LogP contribution is 2.34. The van der Waals surface area contributed by atoms with E-state index in [4.69, 9.17) is 23.2 Å². The lowest BCUT2D eigenvalue weighted by atomic mass is 10.2. The summed E-state index contributed by atoms with van der Waals surface area (Å²) in [5.74, 6) is -2.76. The monoisotopic (exact) mass is 453 g/mol. The molecule has 3 aromatic rings. The van der Waals surface area contributed by atoms with Crippen molar-refractivity contribution < 1.29 is 25.6 Å². The molecule has 0 unspecified atom stereocenters. The molecule has 0 amide bonds. The van der Waals surface area contributed by atoms with Gasteiger partial charge in [-0.1, -0.05) is 23.2 Å². The van der Waals surface area contributed by atoms with Crippen molar-refractivity contribution in [2.24, 2.45) is 0 Å². The van der Waals surface area contributed by atoms with Gasteiger partial charge >= 0.3 is 0 Å². The Morgan fingerprint density at radius 3 is 2.30 bits per heavy atom. The van der Waals surface area contributed by atoms with Crippen LogP contribution in [0.3, 0.4) is 0 Å². The summed E-state index contributed by atoms with van der Waals surface area (Å²) in [6.45, 7) is 0. The second kappa shape index (κ2) is 6.73. The number of halogens is 4. The minimum Gasteiger partial charge on any atom is -0.359 e. The molecule has 0 saturated heterocycles. The van der Waals surface area contributed by atoms with Crippen LogP contribution in [-0.4, -0.2) is 28.1 Å². The molecular formula is C16H11Cl2F2NO4S2. The Labute approximate surface area is 163 Å². The van der Waals surface area contributed by atoms with E-state index in [9.17, 15) is 25.6 Å². The van der Waals surface area contributed by atoms with Gasteiger partial charge in [0.1, 0.15) is 16.5 Å². The van der Waals surface area contributed by atoms with E-state index in [0.717, 1.165) is 12.5 Å². The SMILES string of the molecule is CS(=O)(=O)c1c(Cl)ccc2c(S(=O)(=O)Cc3cc(F)c(Cl)cc3F)c[nH]c12. The van der Waals surface area contributed by atoms with Crippen LogP contribution >= 0.6 is 23.2 Å². The summed E-state index contributed by atoms with van der Waals surface area (Å²) in [7, 11) is -7.89. The van der Waals surface area contributed by atoms with Crippen LogP contribution in [-0.2, 0) is 25.4 Å². The average molecular weight is 454 g/mol. The summed E-state index contributed by atoms with van der Waals surface area (Å²) in [5, 5.41) is -0.454. The smallest absolute Gasteiger partial charge is 0.184 e. The Morgan fingerprint density at radius 1 is 1.00 bits per heavy atom. The fraction of sp³-hybridized carbons (Fsp3) is 0.125. The van der Waals surface area contributed by atoms with Gasteiger partial charge in [0, 0.05) is 23.4 Å². The highest BCUT2D eigenvalue weighted by atomic mass is 35.5. The van der Waals surface area contributed by atoms with Crippen molar-refractivity contribution in [1.82, 2.24) is 4.98 Å². The Hall–Kier alpha value is -1.68. The van der Waals surface area contributed by atoms with E-state index in [2.05, 4.69) is 4.98 Å². The highest BCUT2D eigenvalue weighted by molar-refractivity contribution is 7.91. The van der Waals surface area contributed by atoms with E-state index in [1.807, 2.05) is 0 Å². The van der Waals surface area contributed by atoms with Crippen molar-refractivity contribution in [2.75, 3.05) is 6.26 Å². The Bertz CT molecular complexity index is 1290. The first kappa shape index (κ1) is 20.1. The molecule has 0 saturated carbocycles. The van der Waals surface area contributed by atoms with Crippen LogP contribution in [0.15, 0.2) is 40.3 Å². The lowest BCUT2D eigenvalue weighted by Crippen LogP contribution is -2.07. The van der Waals surface area contributed by atoms with Crippen molar-refractivity contribution >= 4 is 53.8 Å². The number of aromatic nitrogens is 1. The summed E-state index contributed by atoms with van der Waals surface area (Å²) >= 11 is 11.4. The molecule has 0 atom stereocenters. The predicted molar refractivity (Wildman–Crippen MR) is 98.7 cm³/mol. The van der Waals surface area contributed by atoms with Crippen LogP contribution in [0, 0.1) is 11.6 Å². The second-order valence-electron chi connectivity index (χ2n) is 5.84. The van der Waals surface area contributed by atoms with Gasteiger partial charge in [0.25, 0.3) is 0 Å². The molecule has 27 heavy (non-hydrogen) atoms. The van der Waals surface area contributed by atoms with Gasteiger partial charge < -0.3 is 4.98 Å². The van der Waals surface area contributed by atoms with Crippen LogP contribution in [0.1, 0.15) is 5.56 Å². The number of H-pyrrole nitrogens is 1. The molecule has 2 aromatic carbocycles. The average Bonchev–Trinajstić information content (AvgIpc) is 2.95. The van der Waals surface area contributed by atoms with Gasteiger partial charge in [-0.2, -0.15) is 0 Å². The lowest BCUT2D eigenvalue weighted by Gasteiger charge is -2.07. The van der Waals surface area contributed by atoms with Gasteiger partial charge in [-0.15, -0.1) is 0 Å². The number of hydrogen-bond donors (Lipinski definition) is 1.